The number of hydrogen-bond acceptors (Lipinski definition) is 4. The molecule has 1 aromatic heterocycles. The predicted molar refractivity (Wildman–Crippen MR) is 72.4 cm³/mol. The number of halogens is 5. The molecule has 0 aliphatic heterocycles. The summed E-state index contributed by atoms with van der Waals surface area (Å²) < 4.78 is 42.6. The maximum Gasteiger partial charge on any atom is 0.417 e. The van der Waals surface area contributed by atoms with Crippen molar-refractivity contribution in [3.05, 3.63) is 56.2 Å². The highest BCUT2D eigenvalue weighted by molar-refractivity contribution is 6.32. The Kier molecular flexibility index (Phi) is 4.43. The average molecular weight is 353 g/mol. The molecule has 0 N–H and O–H groups in total. The van der Waals surface area contributed by atoms with Crippen molar-refractivity contribution >= 4 is 28.9 Å². The molecule has 22 heavy (non-hydrogen) atoms. The van der Waals surface area contributed by atoms with E-state index in [2.05, 4.69) is 4.98 Å². The fraction of sp³-hybridized carbons (Fsp3) is 0.0833. The van der Waals surface area contributed by atoms with Gasteiger partial charge >= 0.3 is 11.9 Å². The van der Waals surface area contributed by atoms with Crippen LogP contribution in [0, 0.1) is 10.1 Å². The lowest BCUT2D eigenvalue weighted by molar-refractivity contribution is -0.385. The molecule has 2 aromatic rings. The van der Waals surface area contributed by atoms with Crippen molar-refractivity contribution in [1.29, 1.82) is 0 Å². The van der Waals surface area contributed by atoms with Gasteiger partial charge in [0.2, 0.25) is 11.6 Å². The van der Waals surface area contributed by atoms with Crippen LogP contribution in [0.2, 0.25) is 10.0 Å². The molecule has 0 radical (unpaired) electrons. The zero-order chi connectivity index (χ0) is 16.5. The number of benzene rings is 1. The summed E-state index contributed by atoms with van der Waals surface area (Å²) in [5.41, 5.74) is -1.53. The highest BCUT2D eigenvalue weighted by atomic mass is 35.5. The maximum atomic E-state index is 12.5. The smallest absolute Gasteiger partial charge is 0.417 e. The summed E-state index contributed by atoms with van der Waals surface area (Å²) in [4.78, 5) is 13.6. The van der Waals surface area contributed by atoms with E-state index in [-0.39, 0.29) is 16.7 Å². The highest BCUT2D eigenvalue weighted by Gasteiger charge is 2.32. The Morgan fingerprint density at radius 2 is 1.91 bits per heavy atom. The van der Waals surface area contributed by atoms with Crippen molar-refractivity contribution in [1.82, 2.24) is 4.98 Å². The van der Waals surface area contributed by atoms with Crippen LogP contribution in [0.4, 0.5) is 18.9 Å². The van der Waals surface area contributed by atoms with E-state index >= 15 is 0 Å². The van der Waals surface area contributed by atoms with Crippen LogP contribution in [0.3, 0.4) is 0 Å². The van der Waals surface area contributed by atoms with Crippen LogP contribution < -0.4 is 4.74 Å². The maximum absolute atomic E-state index is 12.5. The molecule has 1 heterocycles. The van der Waals surface area contributed by atoms with Gasteiger partial charge in [0.15, 0.2) is 0 Å². The summed E-state index contributed by atoms with van der Waals surface area (Å²) >= 11 is 11.3. The fourth-order valence-electron chi connectivity index (χ4n) is 1.48. The second-order valence-electron chi connectivity index (χ2n) is 3.98. The third-order valence-electron chi connectivity index (χ3n) is 2.46. The second-order valence-corrected chi connectivity index (χ2v) is 4.82. The first-order valence-corrected chi connectivity index (χ1v) is 6.28. The Labute approximate surface area is 131 Å². The molecule has 116 valence electrons. The summed E-state index contributed by atoms with van der Waals surface area (Å²) in [5, 5.41) is 10.6. The Morgan fingerprint density at radius 1 is 1.23 bits per heavy atom. The lowest BCUT2D eigenvalue weighted by Crippen LogP contribution is -2.06. The largest absolute Gasteiger partial charge is 0.430 e. The van der Waals surface area contributed by atoms with Crippen LogP contribution in [-0.2, 0) is 6.18 Å². The zero-order valence-corrected chi connectivity index (χ0v) is 11.9. The molecule has 0 spiro atoms. The molecule has 2 rings (SSSR count). The standard InChI is InChI=1S/C12H5Cl2F3N2O3/c13-7-1-2-10(9(4-7)19(20)21)22-11-8(14)3-6(5-18-11)12(15,16)17/h1-5H. The van der Waals surface area contributed by atoms with Gasteiger partial charge in [-0.15, -0.1) is 0 Å². The molecule has 0 unspecified atom stereocenters. The number of nitrogens with zero attached hydrogens (tertiary/aromatic N) is 2. The molecule has 5 nitrogen and oxygen atoms in total. The lowest BCUT2D eigenvalue weighted by Gasteiger charge is -2.10. The quantitative estimate of drug-likeness (QED) is 0.568. The van der Waals surface area contributed by atoms with E-state index in [0.717, 1.165) is 6.07 Å². The SMILES string of the molecule is O=[N+]([O-])c1cc(Cl)ccc1Oc1ncc(C(F)(F)F)cc1Cl. The van der Waals surface area contributed by atoms with Gasteiger partial charge in [-0.1, -0.05) is 23.2 Å². The minimum absolute atomic E-state index is 0.102. The predicted octanol–water partition coefficient (Wildman–Crippen LogP) is 5.11. The highest BCUT2D eigenvalue weighted by Crippen LogP contribution is 2.37. The number of rotatable bonds is 3. The molecule has 0 aliphatic rings. The first-order chi connectivity index (χ1) is 10.2. The Balaban J connectivity index is 2.38. The van der Waals surface area contributed by atoms with Gasteiger partial charge in [0, 0.05) is 17.3 Å². The van der Waals surface area contributed by atoms with Crippen LogP contribution >= 0.6 is 23.2 Å². The third kappa shape index (κ3) is 3.58. The lowest BCUT2D eigenvalue weighted by atomic mass is 10.3. The number of nitro groups is 1. The molecule has 10 heteroatoms. The number of pyridine rings is 1. The van der Waals surface area contributed by atoms with Crippen LogP contribution in [0.5, 0.6) is 11.6 Å². The summed E-state index contributed by atoms with van der Waals surface area (Å²) in [6.45, 7) is 0. The van der Waals surface area contributed by atoms with Gasteiger partial charge in [-0.25, -0.2) is 4.98 Å². The molecule has 0 fully saturated rings. The molecule has 0 amide bonds. The molecule has 1 aromatic carbocycles. The van der Waals surface area contributed by atoms with Gasteiger partial charge in [0.05, 0.1) is 10.5 Å². The Hall–Kier alpha value is -2.06. The van der Waals surface area contributed by atoms with Crippen molar-refractivity contribution in [2.24, 2.45) is 0 Å². The van der Waals surface area contributed by atoms with Gasteiger partial charge in [-0.3, -0.25) is 10.1 Å². The van der Waals surface area contributed by atoms with Gasteiger partial charge in [0.25, 0.3) is 0 Å². The average Bonchev–Trinajstić information content (AvgIpc) is 2.41. The van der Waals surface area contributed by atoms with Crippen LogP contribution in [-0.4, -0.2) is 9.91 Å². The van der Waals surface area contributed by atoms with E-state index < -0.39 is 27.4 Å². The Bertz CT molecular complexity index is 738. The monoisotopic (exact) mass is 352 g/mol. The number of alkyl halides is 3. The number of hydrogen-bond donors (Lipinski definition) is 0. The minimum Gasteiger partial charge on any atom is -0.430 e. The van der Waals surface area contributed by atoms with E-state index in [4.69, 9.17) is 27.9 Å². The number of ether oxygens (including phenoxy) is 1. The summed E-state index contributed by atoms with van der Waals surface area (Å²) in [6.07, 6.45) is -4.09. The molecule has 0 bridgehead atoms. The van der Waals surface area contributed by atoms with Gasteiger partial charge in [-0.2, -0.15) is 13.2 Å². The van der Waals surface area contributed by atoms with Crippen molar-refractivity contribution in [3.63, 3.8) is 0 Å². The van der Waals surface area contributed by atoms with Crippen molar-refractivity contribution in [2.75, 3.05) is 0 Å². The minimum atomic E-state index is -4.61. The number of nitro benzene ring substituents is 1. The summed E-state index contributed by atoms with van der Waals surface area (Å²) in [7, 11) is 0. The Morgan fingerprint density at radius 3 is 2.45 bits per heavy atom. The second kappa shape index (κ2) is 5.98. The summed E-state index contributed by atoms with van der Waals surface area (Å²) in [6, 6.07) is 4.17. The van der Waals surface area contributed by atoms with Crippen LogP contribution in [0.15, 0.2) is 30.5 Å². The first-order valence-electron chi connectivity index (χ1n) is 5.53. The normalized spacial score (nSPS) is 11.3. The number of aromatic nitrogens is 1. The van der Waals surface area contributed by atoms with Crippen molar-refractivity contribution in [2.45, 2.75) is 6.18 Å². The van der Waals surface area contributed by atoms with Crippen LogP contribution in [0.1, 0.15) is 5.56 Å². The van der Waals surface area contributed by atoms with E-state index in [1.54, 1.807) is 0 Å². The molecule has 0 aliphatic carbocycles. The van der Waals surface area contributed by atoms with E-state index in [1.807, 2.05) is 0 Å². The van der Waals surface area contributed by atoms with Gasteiger partial charge < -0.3 is 4.74 Å². The topological polar surface area (TPSA) is 65.3 Å². The van der Waals surface area contributed by atoms with E-state index in [1.165, 1.54) is 12.1 Å². The van der Waals surface area contributed by atoms with Crippen LogP contribution in [0.25, 0.3) is 0 Å². The summed E-state index contributed by atoms with van der Waals surface area (Å²) in [5.74, 6) is -0.636. The first kappa shape index (κ1) is 16.3. The fourth-order valence-corrected chi connectivity index (χ4v) is 1.85. The molecular weight excluding hydrogens is 348 g/mol. The van der Waals surface area contributed by atoms with E-state index in [9.17, 15) is 23.3 Å². The molecule has 0 saturated heterocycles. The van der Waals surface area contributed by atoms with E-state index in [0.29, 0.717) is 12.3 Å². The molecule has 0 saturated carbocycles. The molecule has 0 atom stereocenters. The zero-order valence-electron chi connectivity index (χ0n) is 10.4. The van der Waals surface area contributed by atoms with Gasteiger partial charge in [-0.05, 0) is 18.2 Å². The van der Waals surface area contributed by atoms with Crippen molar-refractivity contribution < 1.29 is 22.8 Å². The molecular formula is C12H5Cl2F3N2O3. The van der Waals surface area contributed by atoms with Crippen molar-refractivity contribution in [3.8, 4) is 11.6 Å². The van der Waals surface area contributed by atoms with Gasteiger partial charge in [0.1, 0.15) is 5.02 Å². The third-order valence-corrected chi connectivity index (χ3v) is 2.96.